The molecule has 1 fully saturated rings. The molecule has 1 aliphatic heterocycles. The number of hydrogen-bond acceptors (Lipinski definition) is 5. The van der Waals surface area contributed by atoms with E-state index in [0.717, 1.165) is 5.69 Å². The van der Waals surface area contributed by atoms with E-state index in [1.54, 1.807) is 6.20 Å². The molecule has 1 atom stereocenters. The van der Waals surface area contributed by atoms with Crippen molar-refractivity contribution in [3.63, 3.8) is 0 Å². The molecule has 17 heavy (non-hydrogen) atoms. The molecule has 0 radical (unpaired) electrons. The van der Waals surface area contributed by atoms with Gasteiger partial charge in [-0.25, -0.2) is 0 Å². The standard InChI is InChI=1S/C11H15N3O2S/c12-11(17)10-9(2-1-3-13-10)14-4-5-16-7-8(14)6-15/h1-3,8,15H,4-7H2,(H2,12,17). The Balaban J connectivity index is 2.34. The monoisotopic (exact) mass is 253 g/mol. The Morgan fingerprint density at radius 3 is 3.24 bits per heavy atom. The quantitative estimate of drug-likeness (QED) is 0.734. The Kier molecular flexibility index (Phi) is 3.88. The highest BCUT2D eigenvalue weighted by Crippen LogP contribution is 2.22. The highest BCUT2D eigenvalue weighted by molar-refractivity contribution is 7.80. The smallest absolute Gasteiger partial charge is 0.124 e. The molecule has 0 amide bonds. The van der Waals surface area contributed by atoms with Crippen LogP contribution < -0.4 is 10.6 Å². The van der Waals surface area contributed by atoms with Crippen LogP contribution in [-0.4, -0.2) is 47.5 Å². The molecule has 2 rings (SSSR count). The molecule has 3 N–H and O–H groups in total. The van der Waals surface area contributed by atoms with E-state index in [0.29, 0.717) is 25.5 Å². The zero-order valence-corrected chi connectivity index (χ0v) is 10.2. The molecule has 0 saturated carbocycles. The molecule has 1 unspecified atom stereocenters. The molecule has 0 aliphatic carbocycles. The van der Waals surface area contributed by atoms with Gasteiger partial charge in [-0.15, -0.1) is 0 Å². The summed E-state index contributed by atoms with van der Waals surface area (Å²) in [7, 11) is 0. The Morgan fingerprint density at radius 1 is 1.71 bits per heavy atom. The molecule has 0 aromatic carbocycles. The van der Waals surface area contributed by atoms with Gasteiger partial charge in [0.15, 0.2) is 0 Å². The number of rotatable bonds is 3. The summed E-state index contributed by atoms with van der Waals surface area (Å²) in [4.78, 5) is 6.51. The summed E-state index contributed by atoms with van der Waals surface area (Å²) in [5.74, 6) is 0. The first kappa shape index (κ1) is 12.2. The highest BCUT2D eigenvalue weighted by atomic mass is 32.1. The largest absolute Gasteiger partial charge is 0.394 e. The molecular weight excluding hydrogens is 238 g/mol. The maximum absolute atomic E-state index is 9.35. The minimum atomic E-state index is -0.0685. The van der Waals surface area contributed by atoms with E-state index >= 15 is 0 Å². The third-order valence-electron chi connectivity index (χ3n) is 2.77. The lowest BCUT2D eigenvalue weighted by molar-refractivity contribution is 0.0726. The van der Waals surface area contributed by atoms with Crippen LogP contribution in [-0.2, 0) is 4.74 Å². The Labute approximate surface area is 105 Å². The van der Waals surface area contributed by atoms with Gasteiger partial charge in [0.2, 0.25) is 0 Å². The van der Waals surface area contributed by atoms with Crippen LogP contribution in [0.2, 0.25) is 0 Å². The van der Waals surface area contributed by atoms with Gasteiger partial charge in [-0.1, -0.05) is 12.2 Å². The van der Waals surface area contributed by atoms with E-state index in [9.17, 15) is 5.11 Å². The maximum Gasteiger partial charge on any atom is 0.124 e. The Morgan fingerprint density at radius 2 is 2.53 bits per heavy atom. The number of morpholine rings is 1. The molecule has 0 spiro atoms. The summed E-state index contributed by atoms with van der Waals surface area (Å²) < 4.78 is 5.34. The second-order valence-electron chi connectivity index (χ2n) is 3.84. The average molecular weight is 253 g/mol. The maximum atomic E-state index is 9.35. The predicted molar refractivity (Wildman–Crippen MR) is 69.2 cm³/mol. The van der Waals surface area contributed by atoms with E-state index in [1.807, 2.05) is 17.0 Å². The molecule has 92 valence electrons. The molecule has 1 aromatic heterocycles. The molecule has 1 aromatic rings. The van der Waals surface area contributed by atoms with Crippen molar-refractivity contribution < 1.29 is 9.84 Å². The summed E-state index contributed by atoms with van der Waals surface area (Å²) in [6.07, 6.45) is 1.66. The number of ether oxygens (including phenoxy) is 1. The first-order valence-corrected chi connectivity index (χ1v) is 5.85. The van der Waals surface area contributed by atoms with Crippen molar-refractivity contribution in [2.24, 2.45) is 5.73 Å². The summed E-state index contributed by atoms with van der Waals surface area (Å²) in [6, 6.07) is 3.68. The molecule has 1 aliphatic rings. The number of hydrogen-bond donors (Lipinski definition) is 2. The summed E-state index contributed by atoms with van der Waals surface area (Å²) >= 11 is 4.99. The number of pyridine rings is 1. The number of thiocarbonyl (C=S) groups is 1. The second-order valence-corrected chi connectivity index (χ2v) is 4.28. The second kappa shape index (κ2) is 5.39. The van der Waals surface area contributed by atoms with Crippen molar-refractivity contribution in [1.82, 2.24) is 4.98 Å². The molecular formula is C11H15N3O2S. The van der Waals surface area contributed by atoms with Crippen LogP contribution in [0.5, 0.6) is 0 Å². The molecule has 1 saturated heterocycles. The van der Waals surface area contributed by atoms with Crippen LogP contribution in [0.4, 0.5) is 5.69 Å². The Hall–Kier alpha value is -1.24. The number of aromatic nitrogens is 1. The number of aliphatic hydroxyl groups excluding tert-OH is 1. The van der Waals surface area contributed by atoms with Crippen molar-refractivity contribution >= 4 is 22.9 Å². The summed E-state index contributed by atoms with van der Waals surface area (Å²) in [6.45, 7) is 1.86. The summed E-state index contributed by atoms with van der Waals surface area (Å²) in [5.41, 5.74) is 7.12. The highest BCUT2D eigenvalue weighted by Gasteiger charge is 2.25. The van der Waals surface area contributed by atoms with Crippen LogP contribution >= 0.6 is 12.2 Å². The van der Waals surface area contributed by atoms with Gasteiger partial charge in [0.05, 0.1) is 31.5 Å². The number of nitrogens with two attached hydrogens (primary N) is 1. The number of nitrogens with zero attached hydrogens (tertiary/aromatic N) is 2. The minimum Gasteiger partial charge on any atom is -0.394 e. The van der Waals surface area contributed by atoms with E-state index < -0.39 is 0 Å². The van der Waals surface area contributed by atoms with Crippen LogP contribution in [0.15, 0.2) is 18.3 Å². The van der Waals surface area contributed by atoms with Gasteiger partial charge < -0.3 is 20.5 Å². The van der Waals surface area contributed by atoms with Crippen molar-refractivity contribution in [2.45, 2.75) is 6.04 Å². The minimum absolute atomic E-state index is 0.0334. The molecule has 5 nitrogen and oxygen atoms in total. The lowest BCUT2D eigenvalue weighted by atomic mass is 10.2. The first-order valence-electron chi connectivity index (χ1n) is 5.44. The first-order chi connectivity index (χ1) is 8.24. The van der Waals surface area contributed by atoms with Gasteiger partial charge in [-0.3, -0.25) is 4.98 Å². The van der Waals surface area contributed by atoms with Gasteiger partial charge >= 0.3 is 0 Å². The normalized spacial score (nSPS) is 20.3. The lowest BCUT2D eigenvalue weighted by Crippen LogP contribution is -2.48. The van der Waals surface area contributed by atoms with Gasteiger partial charge in [-0.05, 0) is 12.1 Å². The van der Waals surface area contributed by atoms with Crippen LogP contribution in [0.3, 0.4) is 0 Å². The van der Waals surface area contributed by atoms with Crippen molar-refractivity contribution in [3.8, 4) is 0 Å². The van der Waals surface area contributed by atoms with Crippen molar-refractivity contribution in [1.29, 1.82) is 0 Å². The fourth-order valence-corrected chi connectivity index (χ4v) is 2.10. The zero-order chi connectivity index (χ0) is 12.3. The van der Waals surface area contributed by atoms with Gasteiger partial charge in [0.25, 0.3) is 0 Å². The van der Waals surface area contributed by atoms with E-state index in [4.69, 9.17) is 22.7 Å². The molecule has 0 bridgehead atoms. The lowest BCUT2D eigenvalue weighted by Gasteiger charge is -2.36. The van der Waals surface area contributed by atoms with Crippen LogP contribution in [0.1, 0.15) is 5.69 Å². The van der Waals surface area contributed by atoms with E-state index in [1.165, 1.54) is 0 Å². The zero-order valence-electron chi connectivity index (χ0n) is 9.37. The van der Waals surface area contributed by atoms with Crippen molar-refractivity contribution in [2.75, 3.05) is 31.3 Å². The molecule has 6 heteroatoms. The van der Waals surface area contributed by atoms with Gasteiger partial charge in [0.1, 0.15) is 10.7 Å². The van der Waals surface area contributed by atoms with Gasteiger partial charge in [-0.2, -0.15) is 0 Å². The fourth-order valence-electron chi connectivity index (χ4n) is 1.94. The van der Waals surface area contributed by atoms with E-state index in [-0.39, 0.29) is 17.6 Å². The van der Waals surface area contributed by atoms with Crippen molar-refractivity contribution in [3.05, 3.63) is 24.0 Å². The number of aliphatic hydroxyl groups is 1. The Bertz CT molecular complexity index is 413. The van der Waals surface area contributed by atoms with Crippen LogP contribution in [0.25, 0.3) is 0 Å². The fraction of sp³-hybridized carbons (Fsp3) is 0.455. The third kappa shape index (κ3) is 2.54. The topological polar surface area (TPSA) is 71.6 Å². The molecule has 2 heterocycles. The SMILES string of the molecule is NC(=S)c1ncccc1N1CCOCC1CO. The third-order valence-corrected chi connectivity index (χ3v) is 2.96. The van der Waals surface area contributed by atoms with Gasteiger partial charge in [0, 0.05) is 12.7 Å². The van der Waals surface area contributed by atoms with E-state index in [2.05, 4.69) is 4.98 Å². The average Bonchev–Trinajstić information content (AvgIpc) is 2.38. The number of anilines is 1. The van der Waals surface area contributed by atoms with Crippen LogP contribution in [0, 0.1) is 0 Å². The predicted octanol–water partition coefficient (Wildman–Crippen LogP) is -0.0867. The summed E-state index contributed by atoms with van der Waals surface area (Å²) in [5, 5.41) is 9.35.